The predicted octanol–water partition coefficient (Wildman–Crippen LogP) is -4.49. The van der Waals surface area contributed by atoms with Crippen molar-refractivity contribution in [2.75, 3.05) is 26.4 Å². The first-order valence-electron chi connectivity index (χ1n) is 3.50. The van der Waals surface area contributed by atoms with Crippen LogP contribution >= 0.6 is 0 Å². The molecule has 0 amide bonds. The molecule has 7 heteroatoms. The molecule has 0 fully saturated rings. The van der Waals surface area contributed by atoms with Crippen molar-refractivity contribution in [1.82, 2.24) is 0 Å². The second-order valence-corrected chi connectivity index (χ2v) is 5.81. The molecule has 0 aromatic heterocycles. The van der Waals surface area contributed by atoms with Crippen LogP contribution in [0.25, 0.3) is 0 Å². The Balaban J connectivity index is 0. The fourth-order valence-corrected chi connectivity index (χ4v) is 0.300. The Hall–Kier alpha value is 0.234. The van der Waals surface area contributed by atoms with E-state index in [9.17, 15) is 0 Å². The van der Waals surface area contributed by atoms with E-state index in [4.69, 9.17) is 20.4 Å². The maximum absolute atomic E-state index is 8.50. The summed E-state index contributed by atoms with van der Waals surface area (Å²) in [5.74, 6) is 0. The first-order valence-corrected chi connectivity index (χ1v) is 5.13. The predicted molar refractivity (Wildman–Crippen MR) is 51.7 cm³/mol. The second-order valence-electron chi connectivity index (χ2n) is 2.54. The molecule has 0 aromatic rings. The van der Waals surface area contributed by atoms with E-state index >= 15 is 0 Å². The van der Waals surface area contributed by atoms with E-state index in [0.29, 0.717) is 0 Å². The van der Waals surface area contributed by atoms with Crippen molar-refractivity contribution >= 4 is 21.0 Å². The zero-order chi connectivity index (χ0) is 10.0. The maximum Gasteiger partial charge on any atom is 0.129 e. The van der Waals surface area contributed by atoms with Gasteiger partial charge in [0.05, 0.1) is 31.8 Å². The molecule has 0 aromatic carbocycles. The van der Waals surface area contributed by atoms with E-state index in [1.807, 2.05) is 0 Å². The summed E-state index contributed by atoms with van der Waals surface area (Å²) in [5, 5.41) is 34.0. The highest BCUT2D eigenvalue weighted by Crippen LogP contribution is 2.11. The summed E-state index contributed by atoms with van der Waals surface area (Å²) in [7, 11) is 1.86. The van der Waals surface area contributed by atoms with Gasteiger partial charge in [-0.1, -0.05) is 0 Å². The molecule has 5 nitrogen and oxygen atoms in total. The van der Waals surface area contributed by atoms with E-state index < -0.39 is 31.8 Å². The standard InChI is InChI=1S/C5H12O4.H6OSi2/c6-1-5(2-7,3-8)4-9;2-1-3/h6-9H,1-4H2;2-3H3. The van der Waals surface area contributed by atoms with Crippen LogP contribution in [-0.4, -0.2) is 67.8 Å². The van der Waals surface area contributed by atoms with Gasteiger partial charge in [-0.3, -0.25) is 0 Å². The van der Waals surface area contributed by atoms with Crippen molar-refractivity contribution in [1.29, 1.82) is 0 Å². The van der Waals surface area contributed by atoms with Crippen LogP contribution in [0.5, 0.6) is 0 Å². The monoisotopic (exact) mass is 214 g/mol. The quantitative estimate of drug-likeness (QED) is 0.354. The van der Waals surface area contributed by atoms with E-state index in [1.165, 1.54) is 0 Å². The van der Waals surface area contributed by atoms with Crippen LogP contribution in [0.15, 0.2) is 0 Å². The van der Waals surface area contributed by atoms with Gasteiger partial charge in [-0.25, -0.2) is 0 Å². The number of hydrogen-bond acceptors (Lipinski definition) is 5. The van der Waals surface area contributed by atoms with Crippen LogP contribution in [0, 0.1) is 5.41 Å². The van der Waals surface area contributed by atoms with Gasteiger partial charge in [0.2, 0.25) is 0 Å². The van der Waals surface area contributed by atoms with Gasteiger partial charge in [0, 0.05) is 0 Å². The summed E-state index contributed by atoms with van der Waals surface area (Å²) < 4.78 is 4.53. The number of aliphatic hydroxyl groups excluding tert-OH is 4. The fraction of sp³-hybridized carbons (Fsp3) is 1.00. The molecule has 0 heterocycles. The van der Waals surface area contributed by atoms with Gasteiger partial charge in [0.25, 0.3) is 0 Å². The van der Waals surface area contributed by atoms with Crippen molar-refractivity contribution in [3.8, 4) is 0 Å². The zero-order valence-corrected chi connectivity index (χ0v) is 11.5. The van der Waals surface area contributed by atoms with Crippen LogP contribution in [0.1, 0.15) is 0 Å². The summed E-state index contributed by atoms with van der Waals surface area (Å²) in [6, 6.07) is 0. The van der Waals surface area contributed by atoms with Gasteiger partial charge in [0.1, 0.15) is 21.0 Å². The molecule has 0 radical (unpaired) electrons. The first-order chi connectivity index (χ1) is 5.66. The summed E-state index contributed by atoms with van der Waals surface area (Å²) in [4.78, 5) is 0. The number of rotatable bonds is 4. The summed E-state index contributed by atoms with van der Waals surface area (Å²) in [5.41, 5.74) is -1.11. The average Bonchev–Trinajstić information content (AvgIpc) is 2.11. The van der Waals surface area contributed by atoms with Crippen LogP contribution < -0.4 is 0 Å². The second kappa shape index (κ2) is 9.32. The Kier molecular flexibility index (Phi) is 11.5. The van der Waals surface area contributed by atoms with Gasteiger partial charge in [-0.2, -0.15) is 0 Å². The van der Waals surface area contributed by atoms with Gasteiger partial charge >= 0.3 is 0 Å². The molecule has 0 bridgehead atoms. The first kappa shape index (κ1) is 14.7. The zero-order valence-electron chi connectivity index (χ0n) is 7.53. The SMILES string of the molecule is OCC(CO)(CO)CO.[SiH3]O[SiH3]. The molecule has 0 rings (SSSR count). The fourth-order valence-electron chi connectivity index (χ4n) is 0.300. The minimum Gasteiger partial charge on any atom is -0.471 e. The lowest BCUT2D eigenvalue weighted by molar-refractivity contribution is -0.0328. The molecule has 0 spiro atoms. The molecule has 0 atom stereocenters. The lowest BCUT2D eigenvalue weighted by Crippen LogP contribution is -2.37. The molecule has 76 valence electrons. The summed E-state index contributed by atoms with van der Waals surface area (Å²) in [6.45, 7) is -1.62. The molecular weight excluding hydrogens is 196 g/mol. The van der Waals surface area contributed by atoms with Crippen LogP contribution in [0.2, 0.25) is 0 Å². The molecule has 0 saturated heterocycles. The molecule has 4 N–H and O–H groups in total. The molecule has 0 unspecified atom stereocenters. The smallest absolute Gasteiger partial charge is 0.129 e. The van der Waals surface area contributed by atoms with E-state index in [0.717, 1.165) is 21.0 Å². The van der Waals surface area contributed by atoms with Gasteiger partial charge in [-0.15, -0.1) is 0 Å². The van der Waals surface area contributed by atoms with Crippen molar-refractivity contribution in [2.24, 2.45) is 5.41 Å². The molecule has 0 saturated carbocycles. The lowest BCUT2D eigenvalue weighted by Gasteiger charge is -2.23. The van der Waals surface area contributed by atoms with Crippen molar-refractivity contribution in [2.45, 2.75) is 0 Å². The number of hydrogen-bond donors (Lipinski definition) is 4. The molecular formula is C5H18O5Si2. The van der Waals surface area contributed by atoms with Gasteiger partial charge < -0.3 is 24.5 Å². The topological polar surface area (TPSA) is 90.2 Å². The summed E-state index contributed by atoms with van der Waals surface area (Å²) >= 11 is 0. The normalized spacial score (nSPS) is 11.0. The van der Waals surface area contributed by atoms with Crippen molar-refractivity contribution < 1.29 is 24.5 Å². The Bertz CT molecular complexity index is 70.4. The molecule has 12 heavy (non-hydrogen) atoms. The van der Waals surface area contributed by atoms with Crippen molar-refractivity contribution in [3.63, 3.8) is 0 Å². The molecule has 0 aliphatic carbocycles. The highest BCUT2D eigenvalue weighted by Gasteiger charge is 2.26. The minimum atomic E-state index is -1.11. The minimum absolute atomic E-state index is 0.406. The highest BCUT2D eigenvalue weighted by molar-refractivity contribution is 6.15. The Morgan fingerprint density at radius 1 is 0.833 bits per heavy atom. The van der Waals surface area contributed by atoms with Crippen molar-refractivity contribution in [3.05, 3.63) is 0 Å². The largest absolute Gasteiger partial charge is 0.471 e. The van der Waals surface area contributed by atoms with Crippen LogP contribution in [0.4, 0.5) is 0 Å². The van der Waals surface area contributed by atoms with Gasteiger partial charge in [0.15, 0.2) is 0 Å². The Labute approximate surface area is 78.1 Å². The van der Waals surface area contributed by atoms with Gasteiger partial charge in [-0.05, 0) is 0 Å². The molecule has 0 aliphatic rings. The van der Waals surface area contributed by atoms with E-state index in [1.54, 1.807) is 0 Å². The van der Waals surface area contributed by atoms with Crippen LogP contribution in [-0.2, 0) is 4.12 Å². The third-order valence-corrected chi connectivity index (χ3v) is 1.34. The third-order valence-electron chi connectivity index (χ3n) is 1.34. The summed E-state index contributed by atoms with van der Waals surface area (Å²) in [6.07, 6.45) is 0. The van der Waals surface area contributed by atoms with Crippen LogP contribution in [0.3, 0.4) is 0 Å². The van der Waals surface area contributed by atoms with E-state index in [-0.39, 0.29) is 0 Å². The van der Waals surface area contributed by atoms with E-state index in [2.05, 4.69) is 4.12 Å². The average molecular weight is 214 g/mol. The Morgan fingerprint density at radius 2 is 1.00 bits per heavy atom. The third kappa shape index (κ3) is 5.83. The number of aliphatic hydroxyl groups is 4. The lowest BCUT2D eigenvalue weighted by atomic mass is 9.93. The highest BCUT2D eigenvalue weighted by atomic mass is 28.3. The maximum atomic E-state index is 8.50. The Morgan fingerprint density at radius 3 is 1.00 bits per heavy atom. The molecule has 0 aliphatic heterocycles.